The molecule has 0 radical (unpaired) electrons. The summed E-state index contributed by atoms with van der Waals surface area (Å²) >= 11 is 26.7. The SMILES string of the molecule is O=C1[C@@H]2[C@H]3O[C@H]([C@@H]2C(=O)N1OCc1ccccc1)[C@@H]1[C@@H]3[C@]2(Cl)C[C@]1(Cl)C(Cl)=C2Cl. The lowest BCUT2D eigenvalue weighted by Gasteiger charge is -2.40. The van der Waals surface area contributed by atoms with Gasteiger partial charge in [-0.1, -0.05) is 53.5 Å². The zero-order valence-electron chi connectivity index (χ0n) is 14.9. The normalized spacial score (nSPS) is 46.8. The van der Waals surface area contributed by atoms with E-state index in [0.29, 0.717) is 16.5 Å². The van der Waals surface area contributed by atoms with E-state index in [1.165, 1.54) is 0 Å². The highest BCUT2D eigenvalue weighted by Gasteiger charge is 2.82. The van der Waals surface area contributed by atoms with Crippen molar-refractivity contribution in [3.05, 3.63) is 46.0 Å². The Balaban J connectivity index is 1.32. The Labute approximate surface area is 186 Å². The molecule has 1 saturated carbocycles. The first-order valence-electron chi connectivity index (χ1n) is 9.43. The van der Waals surface area contributed by atoms with Crippen molar-refractivity contribution in [2.45, 2.75) is 35.0 Å². The molecule has 1 aromatic carbocycles. The number of benzene rings is 1. The van der Waals surface area contributed by atoms with E-state index in [9.17, 15) is 9.59 Å². The van der Waals surface area contributed by atoms with Crippen LogP contribution in [0.4, 0.5) is 0 Å². The zero-order valence-corrected chi connectivity index (χ0v) is 17.9. The standard InChI is InChI=1S/C20H15Cl4NO4/c21-15-16(22)20(24)7-19(15,23)11-12(20)14-10-9(13(11)29-14)17(26)25(18(10)27)28-6-8-4-2-1-3-5-8/h1-5,9-14H,6-7H2/t9-,10+,11-,12-,13+,14+,19+,20+/m0/s1. The van der Waals surface area contributed by atoms with Crippen LogP contribution in [0, 0.1) is 23.7 Å². The van der Waals surface area contributed by atoms with Crippen molar-refractivity contribution in [1.29, 1.82) is 0 Å². The minimum atomic E-state index is -0.961. The third kappa shape index (κ3) is 2.12. The van der Waals surface area contributed by atoms with E-state index in [2.05, 4.69) is 0 Å². The van der Waals surface area contributed by atoms with E-state index in [-0.39, 0.29) is 30.3 Å². The van der Waals surface area contributed by atoms with Crippen LogP contribution in [0.25, 0.3) is 0 Å². The first kappa shape index (κ1) is 18.9. The van der Waals surface area contributed by atoms with Crippen molar-refractivity contribution in [2.75, 3.05) is 0 Å². The van der Waals surface area contributed by atoms with Gasteiger partial charge in [0.2, 0.25) is 0 Å². The Morgan fingerprint density at radius 1 is 0.966 bits per heavy atom. The summed E-state index contributed by atoms with van der Waals surface area (Å²) in [7, 11) is 0. The summed E-state index contributed by atoms with van der Waals surface area (Å²) in [5.74, 6) is -2.59. The molecule has 29 heavy (non-hydrogen) atoms. The number of allylic oxidation sites excluding steroid dienone is 2. The summed E-state index contributed by atoms with van der Waals surface area (Å²) in [6.07, 6.45) is -0.690. The quantitative estimate of drug-likeness (QED) is 0.494. The summed E-state index contributed by atoms with van der Waals surface area (Å²) in [6.45, 7) is 0.124. The number of fused-ring (bicyclic) bond motifs is 12. The summed E-state index contributed by atoms with van der Waals surface area (Å²) < 4.78 is 6.13. The Kier molecular flexibility index (Phi) is 3.85. The first-order chi connectivity index (χ1) is 13.8. The molecule has 8 atom stereocenters. The number of imide groups is 1. The molecule has 6 rings (SSSR count). The molecule has 1 aromatic rings. The molecule has 3 saturated heterocycles. The molecule has 0 N–H and O–H groups in total. The average Bonchev–Trinajstić information content (AvgIpc) is 3.43. The number of hydrogen-bond acceptors (Lipinski definition) is 4. The van der Waals surface area contributed by atoms with E-state index >= 15 is 0 Å². The Bertz CT molecular complexity index is 932. The summed E-state index contributed by atoms with van der Waals surface area (Å²) in [6, 6.07) is 9.35. The van der Waals surface area contributed by atoms with Gasteiger partial charge in [0.1, 0.15) is 6.61 Å². The van der Waals surface area contributed by atoms with Gasteiger partial charge >= 0.3 is 0 Å². The van der Waals surface area contributed by atoms with E-state index < -0.39 is 33.8 Å². The minimum absolute atomic E-state index is 0.124. The van der Waals surface area contributed by atoms with Crippen molar-refractivity contribution < 1.29 is 19.2 Å². The van der Waals surface area contributed by atoms with Crippen molar-refractivity contribution >= 4 is 58.2 Å². The third-order valence-electron chi connectivity index (χ3n) is 7.17. The zero-order chi connectivity index (χ0) is 20.3. The molecule has 2 amide bonds. The van der Waals surface area contributed by atoms with Crippen molar-refractivity contribution in [3.8, 4) is 0 Å². The van der Waals surface area contributed by atoms with Crippen LogP contribution < -0.4 is 0 Å². The largest absolute Gasteiger partial charge is 0.373 e. The first-order valence-corrected chi connectivity index (χ1v) is 10.9. The second-order valence-electron chi connectivity index (χ2n) is 8.43. The molecule has 0 spiro atoms. The van der Waals surface area contributed by atoms with E-state index in [1.807, 2.05) is 30.3 Å². The maximum atomic E-state index is 13.1. The average molecular weight is 475 g/mol. The number of ether oxygens (including phenoxy) is 1. The van der Waals surface area contributed by atoms with Crippen LogP contribution in [0.2, 0.25) is 0 Å². The predicted octanol–water partition coefficient (Wildman–Crippen LogP) is 3.79. The van der Waals surface area contributed by atoms with E-state index in [0.717, 1.165) is 10.6 Å². The topological polar surface area (TPSA) is 55.8 Å². The van der Waals surface area contributed by atoms with Gasteiger partial charge in [0.25, 0.3) is 11.8 Å². The van der Waals surface area contributed by atoms with E-state index in [4.69, 9.17) is 56.0 Å². The van der Waals surface area contributed by atoms with Crippen LogP contribution in [-0.4, -0.2) is 38.8 Å². The maximum Gasteiger partial charge on any atom is 0.260 e. The van der Waals surface area contributed by atoms with Crippen molar-refractivity contribution in [3.63, 3.8) is 0 Å². The lowest BCUT2D eigenvalue weighted by Crippen LogP contribution is -2.50. The predicted molar refractivity (Wildman–Crippen MR) is 106 cm³/mol. The number of amides is 2. The number of rotatable bonds is 3. The van der Waals surface area contributed by atoms with Crippen LogP contribution in [-0.2, 0) is 25.8 Å². The van der Waals surface area contributed by atoms with Crippen LogP contribution in [0.3, 0.4) is 0 Å². The highest BCUT2D eigenvalue weighted by Crippen LogP contribution is 2.75. The Hall–Kier alpha value is -0.820. The fourth-order valence-electron chi connectivity index (χ4n) is 6.11. The fourth-order valence-corrected chi connectivity index (χ4v) is 8.12. The lowest BCUT2D eigenvalue weighted by atomic mass is 9.65. The molecule has 152 valence electrons. The smallest absolute Gasteiger partial charge is 0.260 e. The molecule has 5 nitrogen and oxygen atoms in total. The Morgan fingerprint density at radius 2 is 1.48 bits per heavy atom. The molecule has 3 heterocycles. The summed E-state index contributed by atoms with van der Waals surface area (Å²) in [5, 5.41) is 1.56. The Morgan fingerprint density at radius 3 is 2.00 bits per heavy atom. The van der Waals surface area contributed by atoms with Crippen LogP contribution in [0.15, 0.2) is 40.4 Å². The molecular formula is C20H15Cl4NO4. The van der Waals surface area contributed by atoms with Crippen LogP contribution >= 0.6 is 46.4 Å². The second kappa shape index (κ2) is 5.90. The van der Waals surface area contributed by atoms with Gasteiger partial charge < -0.3 is 4.74 Å². The minimum Gasteiger partial charge on any atom is -0.373 e. The fraction of sp³-hybridized carbons (Fsp3) is 0.500. The van der Waals surface area contributed by atoms with Gasteiger partial charge in [0, 0.05) is 11.8 Å². The number of hydrogen-bond donors (Lipinski definition) is 0. The maximum absolute atomic E-state index is 13.1. The van der Waals surface area contributed by atoms with Gasteiger partial charge in [-0.2, -0.15) is 5.06 Å². The number of carbonyl (C=O) groups excluding carboxylic acids is 2. The molecule has 5 aliphatic rings. The van der Waals surface area contributed by atoms with Crippen LogP contribution in [0.5, 0.6) is 0 Å². The van der Waals surface area contributed by atoms with Gasteiger partial charge in [0.15, 0.2) is 0 Å². The monoisotopic (exact) mass is 473 g/mol. The molecule has 4 bridgehead atoms. The van der Waals surface area contributed by atoms with Crippen molar-refractivity contribution in [1.82, 2.24) is 5.06 Å². The van der Waals surface area contributed by atoms with E-state index in [1.54, 1.807) is 0 Å². The summed E-state index contributed by atoms with van der Waals surface area (Å²) in [4.78, 5) is 29.9. The highest BCUT2D eigenvalue weighted by molar-refractivity contribution is 6.51. The summed E-state index contributed by atoms with van der Waals surface area (Å²) in [5.41, 5.74) is 0.862. The number of carbonyl (C=O) groups is 2. The molecule has 0 aromatic heterocycles. The van der Waals surface area contributed by atoms with Gasteiger partial charge in [-0.05, 0) is 12.0 Å². The third-order valence-corrected chi connectivity index (χ3v) is 9.66. The molecule has 4 fully saturated rings. The number of hydroxylamine groups is 2. The highest BCUT2D eigenvalue weighted by atomic mass is 35.5. The molecule has 3 aliphatic heterocycles. The van der Waals surface area contributed by atoms with Gasteiger partial charge in [-0.15, -0.1) is 23.2 Å². The van der Waals surface area contributed by atoms with Crippen molar-refractivity contribution in [2.24, 2.45) is 23.7 Å². The number of alkyl halides is 2. The number of halogens is 4. The lowest BCUT2D eigenvalue weighted by molar-refractivity contribution is -0.196. The van der Waals surface area contributed by atoms with Gasteiger partial charge in [-0.25, -0.2) is 0 Å². The molecule has 9 heteroatoms. The van der Waals surface area contributed by atoms with Crippen LogP contribution in [0.1, 0.15) is 12.0 Å². The molecule has 2 aliphatic carbocycles. The number of nitrogens with zero attached hydrogens (tertiary/aromatic N) is 1. The van der Waals surface area contributed by atoms with Gasteiger partial charge in [0.05, 0.1) is 43.9 Å². The van der Waals surface area contributed by atoms with Gasteiger partial charge in [-0.3, -0.25) is 14.4 Å². The molecule has 0 unspecified atom stereocenters. The molecular weight excluding hydrogens is 460 g/mol. The second-order valence-corrected chi connectivity index (χ2v) is 10.5.